The lowest BCUT2D eigenvalue weighted by Crippen LogP contribution is -2.37. The van der Waals surface area contributed by atoms with Crippen molar-refractivity contribution in [2.45, 2.75) is 51.1 Å². The highest BCUT2D eigenvalue weighted by molar-refractivity contribution is 5.77. The van der Waals surface area contributed by atoms with Crippen LogP contribution in [-0.4, -0.2) is 43.2 Å². The summed E-state index contributed by atoms with van der Waals surface area (Å²) in [6.07, 6.45) is -10.1. The van der Waals surface area contributed by atoms with E-state index in [4.69, 9.17) is 0 Å². The molecule has 0 aromatic rings. The Bertz CT molecular complexity index is 435. The van der Waals surface area contributed by atoms with Crippen molar-refractivity contribution in [3.8, 4) is 0 Å². The lowest BCUT2D eigenvalue weighted by molar-refractivity contribution is -0.213. The van der Waals surface area contributed by atoms with Crippen LogP contribution in [0.5, 0.6) is 0 Å². The van der Waals surface area contributed by atoms with Gasteiger partial charge in [-0.3, -0.25) is 4.79 Å². The summed E-state index contributed by atoms with van der Waals surface area (Å²) in [6.45, 7) is 0.300. The maximum atomic E-state index is 13.2. The third-order valence-electron chi connectivity index (χ3n) is 2.77. The Morgan fingerprint density at radius 1 is 0.917 bits per heavy atom. The predicted octanol–water partition coefficient (Wildman–Crippen LogP) is 3.73. The van der Waals surface area contributed by atoms with Gasteiger partial charge in [-0.2, -0.15) is 13.2 Å². The van der Waals surface area contributed by atoms with Crippen LogP contribution in [0.25, 0.3) is 0 Å². The van der Waals surface area contributed by atoms with Crippen molar-refractivity contribution in [3.63, 3.8) is 0 Å². The van der Waals surface area contributed by atoms with E-state index in [2.05, 4.69) is 9.47 Å². The highest BCUT2D eigenvalue weighted by atomic mass is 19.4. The van der Waals surface area contributed by atoms with Gasteiger partial charge in [0.15, 0.2) is 13.2 Å². The van der Waals surface area contributed by atoms with E-state index >= 15 is 0 Å². The summed E-state index contributed by atoms with van der Waals surface area (Å²) in [5, 5.41) is 0. The number of ether oxygens (including phenoxy) is 2. The van der Waals surface area contributed by atoms with Crippen LogP contribution in [-0.2, 0) is 19.1 Å². The zero-order valence-electron chi connectivity index (χ0n) is 12.9. The van der Waals surface area contributed by atoms with Gasteiger partial charge in [0.05, 0.1) is 12.3 Å². The number of halogens is 7. The molecule has 1 unspecified atom stereocenters. The molecule has 0 fully saturated rings. The molecule has 24 heavy (non-hydrogen) atoms. The molecule has 0 aliphatic heterocycles. The molecule has 0 bridgehead atoms. The van der Waals surface area contributed by atoms with Crippen LogP contribution in [0.3, 0.4) is 0 Å². The second-order valence-corrected chi connectivity index (χ2v) is 5.26. The van der Waals surface area contributed by atoms with Gasteiger partial charge in [-0.25, -0.2) is 22.4 Å². The summed E-state index contributed by atoms with van der Waals surface area (Å²) < 4.78 is 96.2. The fraction of sp³-hybridized carbons (Fsp3) is 0.846. The van der Waals surface area contributed by atoms with Crippen LogP contribution in [0.1, 0.15) is 33.1 Å². The van der Waals surface area contributed by atoms with E-state index in [0.29, 0.717) is 6.42 Å². The van der Waals surface area contributed by atoms with E-state index < -0.39 is 61.9 Å². The second-order valence-electron chi connectivity index (χ2n) is 5.26. The zero-order chi connectivity index (χ0) is 19.2. The minimum Gasteiger partial charge on any atom is -0.457 e. The van der Waals surface area contributed by atoms with Crippen LogP contribution in [0.4, 0.5) is 30.7 Å². The minimum absolute atomic E-state index is 0.403. The number of esters is 2. The molecule has 0 aliphatic rings. The van der Waals surface area contributed by atoms with Gasteiger partial charge in [0, 0.05) is 0 Å². The van der Waals surface area contributed by atoms with Crippen molar-refractivity contribution in [3.05, 3.63) is 0 Å². The maximum Gasteiger partial charge on any atom is 0.394 e. The van der Waals surface area contributed by atoms with Gasteiger partial charge in [0.25, 0.3) is 11.8 Å². The minimum atomic E-state index is -5.32. The molecular formula is C13H17F7O4. The molecule has 0 N–H and O–H groups in total. The van der Waals surface area contributed by atoms with E-state index in [1.807, 2.05) is 0 Å². The molecule has 0 amide bonds. The highest BCUT2D eigenvalue weighted by Gasteiger charge is 2.50. The Morgan fingerprint density at radius 2 is 1.46 bits per heavy atom. The van der Waals surface area contributed by atoms with Gasteiger partial charge in [-0.05, 0) is 6.42 Å². The first-order valence-electron chi connectivity index (χ1n) is 6.82. The monoisotopic (exact) mass is 370 g/mol. The zero-order valence-corrected chi connectivity index (χ0v) is 12.9. The van der Waals surface area contributed by atoms with Crippen LogP contribution in [0.2, 0.25) is 0 Å². The summed E-state index contributed by atoms with van der Waals surface area (Å²) in [4.78, 5) is 22.3. The van der Waals surface area contributed by atoms with Gasteiger partial charge in [-0.15, -0.1) is 0 Å². The predicted molar refractivity (Wildman–Crippen MR) is 66.6 cm³/mol. The number of rotatable bonds is 9. The van der Waals surface area contributed by atoms with E-state index in [-0.39, 0.29) is 0 Å². The van der Waals surface area contributed by atoms with Gasteiger partial charge in [0.1, 0.15) is 6.42 Å². The molecule has 0 heterocycles. The van der Waals surface area contributed by atoms with Gasteiger partial charge < -0.3 is 9.47 Å². The van der Waals surface area contributed by atoms with Gasteiger partial charge in [0.2, 0.25) is 0 Å². The molecule has 1 atom stereocenters. The topological polar surface area (TPSA) is 52.6 Å². The molecule has 4 nitrogen and oxygen atoms in total. The van der Waals surface area contributed by atoms with Crippen molar-refractivity contribution in [2.24, 2.45) is 5.92 Å². The van der Waals surface area contributed by atoms with Crippen molar-refractivity contribution in [1.29, 1.82) is 0 Å². The number of alkyl halides is 7. The third kappa shape index (κ3) is 10.3. The molecule has 0 saturated heterocycles. The molecule has 0 rings (SSSR count). The Hall–Kier alpha value is -1.55. The SMILES string of the molecule is CCC(C)C(=O)OCC(=O)OCC(F)(F)CC(F)(F)CC(F)(F)F. The number of carbonyl (C=O) groups is 2. The number of hydrogen-bond acceptors (Lipinski definition) is 4. The molecule has 0 aliphatic carbocycles. The fourth-order valence-corrected chi connectivity index (χ4v) is 1.45. The van der Waals surface area contributed by atoms with Gasteiger partial charge in [-0.1, -0.05) is 13.8 Å². The molecule has 0 aromatic carbocycles. The first kappa shape index (κ1) is 22.4. The molecule has 0 radical (unpaired) electrons. The second kappa shape index (κ2) is 8.52. The molecule has 0 spiro atoms. The molecule has 11 heteroatoms. The average molecular weight is 370 g/mol. The Kier molecular flexibility index (Phi) is 7.97. The highest BCUT2D eigenvalue weighted by Crippen LogP contribution is 2.38. The van der Waals surface area contributed by atoms with Gasteiger partial charge >= 0.3 is 18.1 Å². The van der Waals surface area contributed by atoms with Crippen LogP contribution in [0.15, 0.2) is 0 Å². The lowest BCUT2D eigenvalue weighted by atomic mass is 10.1. The first-order valence-corrected chi connectivity index (χ1v) is 6.82. The Balaban J connectivity index is 4.37. The van der Waals surface area contributed by atoms with Crippen LogP contribution in [0, 0.1) is 5.92 Å². The number of carbonyl (C=O) groups excluding carboxylic acids is 2. The first-order chi connectivity index (χ1) is 10.7. The molecular weight excluding hydrogens is 353 g/mol. The number of hydrogen-bond donors (Lipinski definition) is 0. The van der Waals surface area contributed by atoms with E-state index in [1.165, 1.54) is 6.92 Å². The van der Waals surface area contributed by atoms with E-state index in [0.717, 1.165) is 0 Å². The van der Waals surface area contributed by atoms with Crippen molar-refractivity contribution >= 4 is 11.9 Å². The summed E-state index contributed by atoms with van der Waals surface area (Å²) in [7, 11) is 0. The Labute approximate surface area is 133 Å². The smallest absolute Gasteiger partial charge is 0.394 e. The summed E-state index contributed by atoms with van der Waals surface area (Å²) in [5.41, 5.74) is 0. The lowest BCUT2D eigenvalue weighted by Gasteiger charge is -2.23. The summed E-state index contributed by atoms with van der Waals surface area (Å²) in [5.74, 6) is -11.8. The van der Waals surface area contributed by atoms with Crippen LogP contribution < -0.4 is 0 Å². The normalized spacial score (nSPS) is 14.2. The molecule has 0 aromatic heterocycles. The molecule has 0 saturated carbocycles. The maximum absolute atomic E-state index is 13.2. The van der Waals surface area contributed by atoms with Crippen molar-refractivity contribution in [2.75, 3.05) is 13.2 Å². The van der Waals surface area contributed by atoms with E-state index in [9.17, 15) is 40.3 Å². The summed E-state index contributed by atoms with van der Waals surface area (Å²) in [6, 6.07) is 0. The van der Waals surface area contributed by atoms with Crippen molar-refractivity contribution < 1.29 is 49.8 Å². The fourth-order valence-electron chi connectivity index (χ4n) is 1.45. The average Bonchev–Trinajstić information content (AvgIpc) is 2.37. The van der Waals surface area contributed by atoms with Crippen molar-refractivity contribution in [1.82, 2.24) is 0 Å². The molecule has 142 valence electrons. The Morgan fingerprint density at radius 3 is 1.92 bits per heavy atom. The van der Waals surface area contributed by atoms with Crippen LogP contribution >= 0.6 is 0 Å². The van der Waals surface area contributed by atoms with E-state index in [1.54, 1.807) is 6.92 Å². The summed E-state index contributed by atoms with van der Waals surface area (Å²) >= 11 is 0. The third-order valence-corrected chi connectivity index (χ3v) is 2.77. The largest absolute Gasteiger partial charge is 0.457 e. The quantitative estimate of drug-likeness (QED) is 0.458. The standard InChI is InChI=1S/C13H17F7O4/c1-3-8(2)10(22)23-4-9(21)24-7-12(16,17)5-11(14,15)6-13(18,19)20/h8H,3-7H2,1-2H3.